The van der Waals surface area contributed by atoms with Crippen LogP contribution in [-0.4, -0.2) is 48.7 Å². The lowest BCUT2D eigenvalue weighted by atomic mass is 9.97. The number of hydrogen-bond donors (Lipinski definition) is 2. The minimum atomic E-state index is 0.672. The van der Waals surface area contributed by atoms with Crippen molar-refractivity contribution < 1.29 is 0 Å². The zero-order chi connectivity index (χ0) is 12.4. The Morgan fingerprint density at radius 1 is 1.17 bits per heavy atom. The molecule has 0 spiro atoms. The third-order valence-electron chi connectivity index (χ3n) is 5.16. The Bertz CT molecular complexity index is 262. The van der Waals surface area contributed by atoms with Crippen molar-refractivity contribution in [1.82, 2.24) is 15.5 Å². The summed E-state index contributed by atoms with van der Waals surface area (Å²) in [6, 6.07) is 3.06. The maximum atomic E-state index is 3.92. The molecule has 0 aromatic heterocycles. The molecule has 3 rings (SSSR count). The van der Waals surface area contributed by atoms with Crippen molar-refractivity contribution in [3.8, 4) is 0 Å². The predicted octanol–water partition coefficient (Wildman–Crippen LogP) is 1.73. The molecule has 3 aliphatic rings. The van der Waals surface area contributed by atoms with E-state index in [9.17, 15) is 0 Å². The van der Waals surface area contributed by atoms with Gasteiger partial charge in [-0.2, -0.15) is 0 Å². The van der Waals surface area contributed by atoms with Gasteiger partial charge in [0.15, 0.2) is 0 Å². The van der Waals surface area contributed by atoms with Crippen LogP contribution < -0.4 is 10.6 Å². The Balaban J connectivity index is 1.44. The molecule has 0 aliphatic carbocycles. The van der Waals surface area contributed by atoms with Crippen LogP contribution in [0.25, 0.3) is 0 Å². The summed E-state index contributed by atoms with van der Waals surface area (Å²) in [6.07, 6.45) is 9.69. The smallest absolute Gasteiger partial charge is 0.0250 e. The average molecular weight is 251 g/mol. The molecule has 0 saturated carbocycles. The molecule has 4 unspecified atom stereocenters. The fraction of sp³-hybridized carbons (Fsp3) is 1.00. The standard InChI is InChI=1S/C15H29N3/c1-12(11-13-5-2-3-8-16-13)17-14-7-10-18-9-4-6-15(14)18/h12-17H,2-11H2,1H3. The van der Waals surface area contributed by atoms with Gasteiger partial charge in [-0.25, -0.2) is 0 Å². The van der Waals surface area contributed by atoms with Crippen LogP contribution in [0.3, 0.4) is 0 Å². The van der Waals surface area contributed by atoms with Crippen LogP contribution in [0.15, 0.2) is 0 Å². The summed E-state index contributed by atoms with van der Waals surface area (Å²) in [4.78, 5) is 2.70. The van der Waals surface area contributed by atoms with Crippen LogP contribution in [0.4, 0.5) is 0 Å². The monoisotopic (exact) mass is 251 g/mol. The van der Waals surface area contributed by atoms with Gasteiger partial charge in [0.05, 0.1) is 0 Å². The largest absolute Gasteiger partial charge is 0.314 e. The molecular formula is C15H29N3. The van der Waals surface area contributed by atoms with E-state index >= 15 is 0 Å². The van der Waals surface area contributed by atoms with Gasteiger partial charge in [0.2, 0.25) is 0 Å². The fourth-order valence-corrected chi connectivity index (χ4v) is 4.26. The molecule has 3 heteroatoms. The first-order chi connectivity index (χ1) is 8.83. The van der Waals surface area contributed by atoms with Crippen LogP contribution in [-0.2, 0) is 0 Å². The van der Waals surface area contributed by atoms with E-state index in [0.717, 1.165) is 18.1 Å². The molecule has 3 aliphatic heterocycles. The number of piperidine rings is 1. The van der Waals surface area contributed by atoms with Gasteiger partial charge in [0, 0.05) is 30.7 Å². The van der Waals surface area contributed by atoms with Gasteiger partial charge in [0.25, 0.3) is 0 Å². The normalized spacial score (nSPS) is 38.8. The maximum Gasteiger partial charge on any atom is 0.0250 e. The summed E-state index contributed by atoms with van der Waals surface area (Å²) in [6.45, 7) is 6.29. The van der Waals surface area contributed by atoms with E-state index in [4.69, 9.17) is 0 Å². The first-order valence-electron chi connectivity index (χ1n) is 8.06. The van der Waals surface area contributed by atoms with Crippen molar-refractivity contribution in [3.63, 3.8) is 0 Å². The SMILES string of the molecule is CC(CC1CCCCN1)NC1CCN2CCCC12. The number of nitrogens with one attached hydrogen (secondary N) is 2. The second kappa shape index (κ2) is 5.89. The number of nitrogens with zero attached hydrogens (tertiary/aromatic N) is 1. The molecule has 4 atom stereocenters. The third-order valence-corrected chi connectivity index (χ3v) is 5.16. The van der Waals surface area contributed by atoms with Crippen molar-refractivity contribution in [2.24, 2.45) is 0 Å². The fourth-order valence-electron chi connectivity index (χ4n) is 4.26. The molecule has 0 bridgehead atoms. The Morgan fingerprint density at radius 2 is 2.11 bits per heavy atom. The molecule has 3 nitrogen and oxygen atoms in total. The van der Waals surface area contributed by atoms with Crippen molar-refractivity contribution >= 4 is 0 Å². The minimum absolute atomic E-state index is 0.672. The molecule has 2 N–H and O–H groups in total. The molecular weight excluding hydrogens is 222 g/mol. The van der Waals surface area contributed by atoms with Gasteiger partial charge < -0.3 is 10.6 Å². The van der Waals surface area contributed by atoms with Crippen LogP contribution in [0, 0.1) is 0 Å². The molecule has 0 aromatic carbocycles. The topological polar surface area (TPSA) is 27.3 Å². The van der Waals surface area contributed by atoms with Crippen molar-refractivity contribution in [2.45, 2.75) is 76.0 Å². The van der Waals surface area contributed by atoms with E-state index in [2.05, 4.69) is 22.5 Å². The second-order valence-corrected chi connectivity index (χ2v) is 6.59. The van der Waals surface area contributed by atoms with Crippen LogP contribution in [0.2, 0.25) is 0 Å². The lowest BCUT2D eigenvalue weighted by Gasteiger charge is -2.30. The Labute approximate surface area is 112 Å². The quantitative estimate of drug-likeness (QED) is 0.797. The van der Waals surface area contributed by atoms with Crippen LogP contribution >= 0.6 is 0 Å². The van der Waals surface area contributed by atoms with Gasteiger partial charge in [-0.3, -0.25) is 4.90 Å². The van der Waals surface area contributed by atoms with E-state index in [0.29, 0.717) is 6.04 Å². The van der Waals surface area contributed by atoms with Crippen molar-refractivity contribution in [2.75, 3.05) is 19.6 Å². The van der Waals surface area contributed by atoms with Crippen LogP contribution in [0.5, 0.6) is 0 Å². The van der Waals surface area contributed by atoms with E-state index in [1.54, 1.807) is 0 Å². The summed E-state index contributed by atoms with van der Waals surface area (Å²) in [5.41, 5.74) is 0. The first kappa shape index (κ1) is 12.9. The molecule has 0 radical (unpaired) electrons. The molecule has 0 amide bonds. The molecule has 18 heavy (non-hydrogen) atoms. The van der Waals surface area contributed by atoms with E-state index < -0.39 is 0 Å². The van der Waals surface area contributed by atoms with Crippen molar-refractivity contribution in [1.29, 1.82) is 0 Å². The highest BCUT2D eigenvalue weighted by molar-refractivity contribution is 4.96. The maximum absolute atomic E-state index is 3.92. The zero-order valence-corrected chi connectivity index (χ0v) is 11.8. The van der Waals surface area contributed by atoms with E-state index in [-0.39, 0.29) is 0 Å². The third kappa shape index (κ3) is 2.89. The highest BCUT2D eigenvalue weighted by atomic mass is 15.2. The number of fused-ring (bicyclic) bond motifs is 1. The Kier molecular flexibility index (Phi) is 4.22. The predicted molar refractivity (Wildman–Crippen MR) is 75.9 cm³/mol. The summed E-state index contributed by atoms with van der Waals surface area (Å²) >= 11 is 0. The highest BCUT2D eigenvalue weighted by Crippen LogP contribution is 2.28. The van der Waals surface area contributed by atoms with Gasteiger partial charge in [-0.15, -0.1) is 0 Å². The summed E-state index contributed by atoms with van der Waals surface area (Å²) in [5, 5.41) is 7.59. The first-order valence-corrected chi connectivity index (χ1v) is 8.06. The summed E-state index contributed by atoms with van der Waals surface area (Å²) in [5.74, 6) is 0. The van der Waals surface area contributed by atoms with Gasteiger partial charge in [0.1, 0.15) is 0 Å². The average Bonchev–Trinajstić information content (AvgIpc) is 2.95. The number of hydrogen-bond acceptors (Lipinski definition) is 3. The molecule has 3 heterocycles. The minimum Gasteiger partial charge on any atom is -0.314 e. The Morgan fingerprint density at radius 3 is 2.94 bits per heavy atom. The van der Waals surface area contributed by atoms with Gasteiger partial charge in [-0.05, 0) is 58.5 Å². The van der Waals surface area contributed by atoms with E-state index in [1.807, 2.05) is 0 Å². The molecule has 104 valence electrons. The van der Waals surface area contributed by atoms with Crippen LogP contribution in [0.1, 0.15) is 51.9 Å². The van der Waals surface area contributed by atoms with Crippen molar-refractivity contribution in [3.05, 3.63) is 0 Å². The Hall–Kier alpha value is -0.120. The highest BCUT2D eigenvalue weighted by Gasteiger charge is 2.37. The lowest BCUT2D eigenvalue weighted by Crippen LogP contribution is -2.46. The lowest BCUT2D eigenvalue weighted by molar-refractivity contribution is 0.276. The summed E-state index contributed by atoms with van der Waals surface area (Å²) in [7, 11) is 0. The van der Waals surface area contributed by atoms with Gasteiger partial charge >= 0.3 is 0 Å². The van der Waals surface area contributed by atoms with E-state index in [1.165, 1.54) is 64.6 Å². The molecule has 3 fully saturated rings. The molecule has 3 saturated heterocycles. The summed E-state index contributed by atoms with van der Waals surface area (Å²) < 4.78 is 0. The molecule has 0 aromatic rings. The number of rotatable bonds is 4. The van der Waals surface area contributed by atoms with Gasteiger partial charge in [-0.1, -0.05) is 6.42 Å². The second-order valence-electron chi connectivity index (χ2n) is 6.59. The zero-order valence-electron chi connectivity index (χ0n) is 11.8.